The van der Waals surface area contributed by atoms with Gasteiger partial charge in [0.15, 0.2) is 0 Å². The SMILES string of the molecule is O=S(=O)(O)c1c(S(=O)(=O)O)c2ccc3cccc4c(O)c(S(=O)(=O)O)c(c1S(=O)(=O)O)c2c34. The number of phenolic OH excluding ortho intramolecular Hbond substituents is 1. The number of hydrogen-bond acceptors (Lipinski definition) is 9. The van der Waals surface area contributed by atoms with Crippen LogP contribution in [-0.2, 0) is 40.5 Å². The second-order valence-electron chi connectivity index (χ2n) is 6.83. The van der Waals surface area contributed by atoms with Gasteiger partial charge in [0.25, 0.3) is 40.5 Å². The van der Waals surface area contributed by atoms with Gasteiger partial charge in [-0.25, -0.2) is 0 Å². The van der Waals surface area contributed by atoms with Gasteiger partial charge in [-0.1, -0.05) is 30.3 Å². The maximum Gasteiger partial charge on any atom is 0.298 e. The normalized spacial score (nSPS) is 13.9. The van der Waals surface area contributed by atoms with Crippen molar-refractivity contribution in [2.45, 2.75) is 19.6 Å². The van der Waals surface area contributed by atoms with Crippen LogP contribution in [0.5, 0.6) is 5.75 Å². The highest BCUT2D eigenvalue weighted by Crippen LogP contribution is 2.50. The molecule has 0 bridgehead atoms. The van der Waals surface area contributed by atoms with Crippen molar-refractivity contribution in [2.75, 3.05) is 0 Å². The molecule has 0 aromatic heterocycles. The molecule has 0 aliphatic carbocycles. The van der Waals surface area contributed by atoms with Gasteiger partial charge in [0.05, 0.1) is 0 Å². The van der Waals surface area contributed by atoms with Gasteiger partial charge in [-0.2, -0.15) is 33.7 Å². The lowest BCUT2D eigenvalue weighted by Crippen LogP contribution is -2.17. The second kappa shape index (κ2) is 6.70. The van der Waals surface area contributed by atoms with E-state index in [1.165, 1.54) is 18.2 Å². The van der Waals surface area contributed by atoms with E-state index >= 15 is 0 Å². The lowest BCUT2D eigenvalue weighted by molar-refractivity contribution is 0.448. The second-order valence-corrected chi connectivity index (χ2v) is 12.3. The Morgan fingerprint density at radius 1 is 0.485 bits per heavy atom. The zero-order chi connectivity index (χ0) is 24.9. The summed E-state index contributed by atoms with van der Waals surface area (Å²) in [6, 6.07) is 5.88. The molecule has 17 heteroatoms. The summed E-state index contributed by atoms with van der Waals surface area (Å²) < 4.78 is 136. The van der Waals surface area contributed by atoms with Crippen LogP contribution in [0.3, 0.4) is 0 Å². The summed E-state index contributed by atoms with van der Waals surface area (Å²) in [5, 5.41) is 7.46. The molecule has 0 heterocycles. The van der Waals surface area contributed by atoms with Gasteiger partial charge in [-0.05, 0) is 5.39 Å². The fourth-order valence-corrected chi connectivity index (χ4v) is 8.40. The average molecular weight is 539 g/mol. The molecule has 0 aliphatic rings. The van der Waals surface area contributed by atoms with Crippen LogP contribution in [0.2, 0.25) is 0 Å². The van der Waals surface area contributed by atoms with E-state index in [0.717, 1.165) is 12.1 Å². The van der Waals surface area contributed by atoms with Crippen LogP contribution >= 0.6 is 0 Å². The Labute approximate surface area is 185 Å². The maximum atomic E-state index is 12.3. The molecule has 33 heavy (non-hydrogen) atoms. The third-order valence-electron chi connectivity index (χ3n) is 4.91. The first-order chi connectivity index (χ1) is 14.9. The van der Waals surface area contributed by atoms with Crippen molar-refractivity contribution in [3.63, 3.8) is 0 Å². The Kier molecular flexibility index (Phi) is 4.78. The monoisotopic (exact) mass is 538 g/mol. The summed E-state index contributed by atoms with van der Waals surface area (Å²) in [6.45, 7) is 0. The fraction of sp³-hybridized carbons (Fsp3) is 0. The first-order valence-corrected chi connectivity index (χ1v) is 14.0. The standard InChI is InChI=1S/C16H10O13S4/c17-12-7-3-1-2-6-4-5-8-10(9(6)7)11(14(12)31(21,22)23)15(32(24,25)26)16(33(27,28)29)13(8)30(18,19)20/h1-5,17H,(H,18,19,20)(H,21,22,23)(H,24,25,26)(H,27,28,29). The van der Waals surface area contributed by atoms with Crippen LogP contribution in [0.15, 0.2) is 49.9 Å². The Balaban J connectivity index is 2.72. The molecular weight excluding hydrogens is 528 g/mol. The van der Waals surface area contributed by atoms with E-state index in [1.807, 2.05) is 0 Å². The molecule has 0 amide bonds. The number of benzene rings is 4. The summed E-state index contributed by atoms with van der Waals surface area (Å²) in [5.41, 5.74) is 0. The Morgan fingerprint density at radius 3 is 1.48 bits per heavy atom. The Hall–Kier alpha value is -2.64. The third-order valence-corrected chi connectivity index (χ3v) is 8.87. The fourth-order valence-electron chi connectivity index (χ4n) is 3.92. The average Bonchev–Trinajstić information content (AvgIpc) is 2.62. The van der Waals surface area contributed by atoms with E-state index in [0.29, 0.717) is 0 Å². The molecule has 0 fully saturated rings. The molecule has 0 radical (unpaired) electrons. The largest absolute Gasteiger partial charge is 0.506 e. The molecule has 4 rings (SSSR count). The number of rotatable bonds is 4. The van der Waals surface area contributed by atoms with Gasteiger partial charge in [0.2, 0.25) is 0 Å². The molecule has 13 nitrogen and oxygen atoms in total. The van der Waals surface area contributed by atoms with Crippen molar-refractivity contribution in [1.29, 1.82) is 0 Å². The van der Waals surface area contributed by atoms with Crippen LogP contribution < -0.4 is 0 Å². The van der Waals surface area contributed by atoms with Crippen molar-refractivity contribution in [3.05, 3.63) is 30.3 Å². The van der Waals surface area contributed by atoms with E-state index in [1.54, 1.807) is 0 Å². The number of phenols is 1. The molecule has 0 atom stereocenters. The van der Waals surface area contributed by atoms with Crippen molar-refractivity contribution in [2.24, 2.45) is 0 Å². The lowest BCUT2D eigenvalue weighted by atomic mass is 9.93. The molecular formula is C16H10O13S4. The van der Waals surface area contributed by atoms with Crippen molar-refractivity contribution >= 4 is 72.8 Å². The smallest absolute Gasteiger partial charge is 0.298 e. The van der Waals surface area contributed by atoms with Crippen molar-refractivity contribution in [3.8, 4) is 5.75 Å². The predicted molar refractivity (Wildman–Crippen MR) is 111 cm³/mol. The van der Waals surface area contributed by atoms with Gasteiger partial charge < -0.3 is 5.11 Å². The predicted octanol–water partition coefficient (Wildman–Crippen LogP) is 1.28. The molecule has 0 saturated heterocycles. The number of aromatic hydroxyl groups is 1. The van der Waals surface area contributed by atoms with Crippen LogP contribution in [0, 0.1) is 0 Å². The van der Waals surface area contributed by atoms with E-state index < -0.39 is 82.0 Å². The molecule has 176 valence electrons. The van der Waals surface area contributed by atoms with Crippen LogP contribution in [-0.4, -0.2) is 57.0 Å². The Bertz CT molecular complexity index is 1950. The minimum Gasteiger partial charge on any atom is -0.506 e. The first kappa shape index (κ1) is 23.5. The van der Waals surface area contributed by atoms with E-state index in [4.69, 9.17) is 0 Å². The van der Waals surface area contributed by atoms with E-state index in [-0.39, 0.29) is 16.2 Å². The van der Waals surface area contributed by atoms with Crippen molar-refractivity contribution in [1.82, 2.24) is 0 Å². The Morgan fingerprint density at radius 2 is 1.00 bits per heavy atom. The third kappa shape index (κ3) is 3.40. The molecule has 0 saturated carbocycles. The molecule has 5 N–H and O–H groups in total. The highest BCUT2D eigenvalue weighted by Gasteiger charge is 2.40. The van der Waals surface area contributed by atoms with Crippen LogP contribution in [0.25, 0.3) is 32.3 Å². The number of hydrogen-bond donors (Lipinski definition) is 5. The summed E-state index contributed by atoms with van der Waals surface area (Å²) in [4.78, 5) is -7.34. The van der Waals surface area contributed by atoms with Crippen molar-refractivity contribution < 1.29 is 57.0 Å². The quantitative estimate of drug-likeness (QED) is 0.182. The van der Waals surface area contributed by atoms with E-state index in [9.17, 15) is 57.0 Å². The first-order valence-electron chi connectivity index (χ1n) is 8.26. The topological polar surface area (TPSA) is 238 Å². The molecule has 4 aromatic carbocycles. The summed E-state index contributed by atoms with van der Waals surface area (Å²) in [5.74, 6) is -1.26. The molecule has 0 aliphatic heterocycles. The minimum absolute atomic E-state index is 0.157. The zero-order valence-electron chi connectivity index (χ0n) is 15.5. The summed E-state index contributed by atoms with van der Waals surface area (Å²) >= 11 is 0. The summed E-state index contributed by atoms with van der Waals surface area (Å²) in [7, 11) is -23.1. The van der Waals surface area contributed by atoms with Gasteiger partial charge in [-0.15, -0.1) is 0 Å². The van der Waals surface area contributed by atoms with Gasteiger partial charge >= 0.3 is 0 Å². The van der Waals surface area contributed by atoms with E-state index in [2.05, 4.69) is 0 Å². The highest BCUT2D eigenvalue weighted by molar-refractivity contribution is 7.91. The molecule has 0 spiro atoms. The van der Waals surface area contributed by atoms with Crippen LogP contribution in [0.4, 0.5) is 0 Å². The van der Waals surface area contributed by atoms with Gasteiger partial charge in [-0.3, -0.25) is 18.2 Å². The van der Waals surface area contributed by atoms with Gasteiger partial charge in [0, 0.05) is 26.9 Å². The van der Waals surface area contributed by atoms with Crippen LogP contribution in [0.1, 0.15) is 0 Å². The molecule has 0 unspecified atom stereocenters. The molecule has 4 aromatic rings. The maximum absolute atomic E-state index is 12.3. The van der Waals surface area contributed by atoms with Gasteiger partial charge in [0.1, 0.15) is 25.3 Å². The zero-order valence-corrected chi connectivity index (χ0v) is 18.8. The highest BCUT2D eigenvalue weighted by atomic mass is 32.2. The lowest BCUT2D eigenvalue weighted by Gasteiger charge is -2.21. The summed E-state index contributed by atoms with van der Waals surface area (Å²) in [6.07, 6.45) is 0. The minimum atomic E-state index is -5.93.